The smallest absolute Gasteiger partial charge is 0.136 e. The maximum atomic E-state index is 11.6. The summed E-state index contributed by atoms with van der Waals surface area (Å²) in [5.41, 5.74) is 1.45. The average molecular weight is 222 g/mol. The molecule has 1 aliphatic rings. The van der Waals surface area contributed by atoms with Crippen molar-refractivity contribution in [1.29, 1.82) is 0 Å². The Kier molecular flexibility index (Phi) is 4.76. The summed E-state index contributed by atoms with van der Waals surface area (Å²) in [6, 6.07) is 0. The zero-order valence-electron chi connectivity index (χ0n) is 11.3. The van der Waals surface area contributed by atoms with Crippen LogP contribution in [0, 0.1) is 11.3 Å². The molecule has 0 bridgehead atoms. The molecule has 0 amide bonds. The normalized spacial score (nSPS) is 25.7. The van der Waals surface area contributed by atoms with Crippen molar-refractivity contribution in [1.82, 2.24) is 0 Å². The van der Waals surface area contributed by atoms with Gasteiger partial charge >= 0.3 is 0 Å². The van der Waals surface area contributed by atoms with Gasteiger partial charge in [-0.15, -0.1) is 0 Å². The van der Waals surface area contributed by atoms with Crippen molar-refractivity contribution in [2.45, 2.75) is 66.2 Å². The molecule has 0 radical (unpaired) electrons. The third-order valence-electron chi connectivity index (χ3n) is 3.88. The molecule has 0 spiro atoms. The topological polar surface area (TPSA) is 17.1 Å². The van der Waals surface area contributed by atoms with Crippen LogP contribution in [-0.4, -0.2) is 5.78 Å². The Hall–Kier alpha value is -0.590. The quantitative estimate of drug-likeness (QED) is 0.625. The average Bonchev–Trinajstić information content (AvgIpc) is 2.17. The number of hydrogen-bond acceptors (Lipinski definition) is 1. The number of allylic oxidation sites excluding steroid dienone is 2. The van der Waals surface area contributed by atoms with Crippen molar-refractivity contribution >= 4 is 5.78 Å². The number of carbonyl (C=O) groups is 1. The highest BCUT2D eigenvalue weighted by Gasteiger charge is 2.32. The molecule has 0 saturated heterocycles. The molecule has 1 nitrogen and oxygen atoms in total. The number of rotatable bonds is 5. The van der Waals surface area contributed by atoms with E-state index in [1.54, 1.807) is 6.92 Å². The molecule has 1 unspecified atom stereocenters. The summed E-state index contributed by atoms with van der Waals surface area (Å²) in [7, 11) is 0. The van der Waals surface area contributed by atoms with E-state index >= 15 is 0 Å². The van der Waals surface area contributed by atoms with Gasteiger partial charge in [-0.2, -0.15) is 0 Å². The van der Waals surface area contributed by atoms with Gasteiger partial charge in [0.15, 0.2) is 0 Å². The molecule has 1 rings (SSSR count). The fraction of sp³-hybridized carbons (Fsp3) is 0.800. The predicted octanol–water partition coefficient (Wildman–Crippen LogP) is 4.52. The maximum absolute atomic E-state index is 11.6. The molecule has 0 aromatic heterocycles. The molecule has 0 aliphatic heterocycles. The van der Waals surface area contributed by atoms with Gasteiger partial charge < -0.3 is 0 Å². The van der Waals surface area contributed by atoms with Crippen molar-refractivity contribution in [3.63, 3.8) is 0 Å². The monoisotopic (exact) mass is 222 g/mol. The van der Waals surface area contributed by atoms with Gasteiger partial charge in [0.25, 0.3) is 0 Å². The standard InChI is InChI=1S/C15H26O/c1-12(2)7-5-8-14-9-6-10-15(4,11-14)13(3)16/h9,12H,5-8,10-11H2,1-4H3. The van der Waals surface area contributed by atoms with Crippen LogP contribution in [0.3, 0.4) is 0 Å². The molecule has 0 saturated carbocycles. The van der Waals surface area contributed by atoms with Crippen LogP contribution in [0.25, 0.3) is 0 Å². The molecule has 16 heavy (non-hydrogen) atoms. The van der Waals surface area contributed by atoms with Crippen LogP contribution >= 0.6 is 0 Å². The Labute approximate surface area is 100 Å². The Morgan fingerprint density at radius 3 is 2.75 bits per heavy atom. The van der Waals surface area contributed by atoms with Crippen LogP contribution in [-0.2, 0) is 4.79 Å². The molecular formula is C15H26O. The van der Waals surface area contributed by atoms with Gasteiger partial charge in [-0.1, -0.05) is 38.8 Å². The lowest BCUT2D eigenvalue weighted by Gasteiger charge is -2.31. The maximum Gasteiger partial charge on any atom is 0.136 e. The first kappa shape index (κ1) is 13.5. The Morgan fingerprint density at radius 1 is 1.50 bits per heavy atom. The molecule has 0 aromatic rings. The lowest BCUT2D eigenvalue weighted by atomic mass is 9.72. The lowest BCUT2D eigenvalue weighted by Crippen LogP contribution is -2.28. The van der Waals surface area contributed by atoms with Gasteiger partial charge in [-0.3, -0.25) is 4.79 Å². The van der Waals surface area contributed by atoms with E-state index in [0.717, 1.165) is 25.2 Å². The van der Waals surface area contributed by atoms with E-state index in [4.69, 9.17) is 0 Å². The van der Waals surface area contributed by atoms with Gasteiger partial charge in [0.1, 0.15) is 5.78 Å². The fourth-order valence-electron chi connectivity index (χ4n) is 2.48. The minimum Gasteiger partial charge on any atom is -0.299 e. The molecule has 0 aromatic carbocycles. The number of ketones is 1. The van der Waals surface area contributed by atoms with E-state index in [9.17, 15) is 4.79 Å². The summed E-state index contributed by atoms with van der Waals surface area (Å²) in [5, 5.41) is 0. The SMILES string of the molecule is CC(=O)C1(C)CCC=C(CCCC(C)C)C1. The minimum atomic E-state index is -0.0675. The van der Waals surface area contributed by atoms with Crippen molar-refractivity contribution in [3.8, 4) is 0 Å². The zero-order chi connectivity index (χ0) is 12.2. The number of hydrogen-bond donors (Lipinski definition) is 0. The molecule has 0 fully saturated rings. The summed E-state index contributed by atoms with van der Waals surface area (Å²) < 4.78 is 0. The highest BCUT2D eigenvalue weighted by atomic mass is 16.1. The number of Topliss-reactive ketones (excluding diaryl/α,β-unsaturated/α-hetero) is 1. The van der Waals surface area contributed by atoms with Crippen molar-refractivity contribution in [2.75, 3.05) is 0 Å². The molecule has 1 aliphatic carbocycles. The van der Waals surface area contributed by atoms with E-state index in [0.29, 0.717) is 5.78 Å². The van der Waals surface area contributed by atoms with Crippen molar-refractivity contribution in [3.05, 3.63) is 11.6 Å². The van der Waals surface area contributed by atoms with Crippen LogP contribution in [0.15, 0.2) is 11.6 Å². The van der Waals surface area contributed by atoms with Crippen molar-refractivity contribution < 1.29 is 4.79 Å². The summed E-state index contributed by atoms with van der Waals surface area (Å²) in [6.45, 7) is 8.42. The predicted molar refractivity (Wildman–Crippen MR) is 69.4 cm³/mol. The fourth-order valence-corrected chi connectivity index (χ4v) is 2.48. The van der Waals surface area contributed by atoms with Gasteiger partial charge in [-0.05, 0) is 44.9 Å². The van der Waals surface area contributed by atoms with Gasteiger partial charge in [0.05, 0.1) is 0 Å². The second-order valence-corrected chi connectivity index (χ2v) is 5.98. The van der Waals surface area contributed by atoms with Crippen LogP contribution in [0.2, 0.25) is 0 Å². The Morgan fingerprint density at radius 2 is 2.19 bits per heavy atom. The van der Waals surface area contributed by atoms with Crippen LogP contribution < -0.4 is 0 Å². The third kappa shape index (κ3) is 3.77. The van der Waals surface area contributed by atoms with E-state index < -0.39 is 0 Å². The van der Waals surface area contributed by atoms with E-state index in [1.807, 2.05) is 0 Å². The van der Waals surface area contributed by atoms with Gasteiger partial charge in [0.2, 0.25) is 0 Å². The highest BCUT2D eigenvalue weighted by Crippen LogP contribution is 2.38. The molecular weight excluding hydrogens is 196 g/mol. The lowest BCUT2D eigenvalue weighted by molar-refractivity contribution is -0.126. The summed E-state index contributed by atoms with van der Waals surface area (Å²) >= 11 is 0. The highest BCUT2D eigenvalue weighted by molar-refractivity contribution is 5.82. The third-order valence-corrected chi connectivity index (χ3v) is 3.88. The van der Waals surface area contributed by atoms with Crippen LogP contribution in [0.4, 0.5) is 0 Å². The van der Waals surface area contributed by atoms with E-state index in [2.05, 4.69) is 26.8 Å². The molecule has 0 N–H and O–H groups in total. The van der Waals surface area contributed by atoms with Gasteiger partial charge in [0, 0.05) is 5.41 Å². The van der Waals surface area contributed by atoms with E-state index in [1.165, 1.54) is 24.8 Å². The van der Waals surface area contributed by atoms with Crippen LogP contribution in [0.1, 0.15) is 66.2 Å². The molecule has 92 valence electrons. The Balaban J connectivity index is 2.44. The second kappa shape index (κ2) is 5.65. The first-order chi connectivity index (χ1) is 7.44. The van der Waals surface area contributed by atoms with Gasteiger partial charge in [-0.25, -0.2) is 0 Å². The largest absolute Gasteiger partial charge is 0.299 e. The second-order valence-electron chi connectivity index (χ2n) is 5.98. The number of carbonyl (C=O) groups excluding carboxylic acids is 1. The Bertz CT molecular complexity index is 275. The summed E-state index contributed by atoms with van der Waals surface area (Å²) in [6.07, 6.45) is 9.27. The molecule has 1 atom stereocenters. The van der Waals surface area contributed by atoms with Crippen LogP contribution in [0.5, 0.6) is 0 Å². The molecule has 0 heterocycles. The summed E-state index contributed by atoms with van der Waals surface area (Å²) in [5.74, 6) is 1.16. The zero-order valence-corrected chi connectivity index (χ0v) is 11.3. The van der Waals surface area contributed by atoms with Crippen molar-refractivity contribution in [2.24, 2.45) is 11.3 Å². The van der Waals surface area contributed by atoms with E-state index in [-0.39, 0.29) is 5.41 Å². The minimum absolute atomic E-state index is 0.0675. The first-order valence-electron chi connectivity index (χ1n) is 6.63. The summed E-state index contributed by atoms with van der Waals surface area (Å²) in [4.78, 5) is 11.6. The molecule has 1 heteroatoms. The first-order valence-corrected chi connectivity index (χ1v) is 6.63.